The summed E-state index contributed by atoms with van der Waals surface area (Å²) in [7, 11) is -3.42. The molecule has 2 heterocycles. The van der Waals surface area contributed by atoms with E-state index < -0.39 is 21.4 Å². The SMILES string of the molecule is CC(C)(C)C(=O)N1CCC[C@H](C(=O)N2CCCS2(=O)=O)C1. The molecular weight excluding hydrogens is 292 g/mol. The van der Waals surface area contributed by atoms with Crippen LogP contribution in [0.4, 0.5) is 0 Å². The summed E-state index contributed by atoms with van der Waals surface area (Å²) in [5.74, 6) is -0.656. The average Bonchev–Trinajstić information content (AvgIpc) is 2.75. The normalized spacial score (nSPS) is 26.0. The van der Waals surface area contributed by atoms with Crippen molar-refractivity contribution in [1.82, 2.24) is 9.21 Å². The number of carbonyl (C=O) groups excluding carboxylic acids is 2. The predicted octanol–water partition coefficient (Wildman–Crippen LogP) is 0.833. The lowest BCUT2D eigenvalue weighted by Gasteiger charge is -2.36. The van der Waals surface area contributed by atoms with Crippen LogP contribution in [0, 0.1) is 11.3 Å². The molecule has 0 aromatic carbocycles. The van der Waals surface area contributed by atoms with E-state index in [0.717, 1.165) is 10.7 Å². The van der Waals surface area contributed by atoms with Gasteiger partial charge in [-0.1, -0.05) is 20.8 Å². The van der Waals surface area contributed by atoms with Crippen molar-refractivity contribution in [3.63, 3.8) is 0 Å². The Kier molecular flexibility index (Phi) is 4.33. The number of nitrogens with zero attached hydrogens (tertiary/aromatic N) is 2. The summed E-state index contributed by atoms with van der Waals surface area (Å²) in [5.41, 5.74) is -0.481. The number of rotatable bonds is 1. The zero-order chi connectivity index (χ0) is 15.8. The summed E-state index contributed by atoms with van der Waals surface area (Å²) in [6, 6.07) is 0. The Hall–Kier alpha value is -1.11. The molecule has 0 saturated carbocycles. The number of amides is 2. The summed E-state index contributed by atoms with van der Waals surface area (Å²) in [6.07, 6.45) is 1.90. The van der Waals surface area contributed by atoms with Crippen LogP contribution < -0.4 is 0 Å². The largest absolute Gasteiger partial charge is 0.341 e. The van der Waals surface area contributed by atoms with Crippen LogP contribution in [0.1, 0.15) is 40.0 Å². The lowest BCUT2D eigenvalue weighted by Crippen LogP contribution is -2.49. The van der Waals surface area contributed by atoms with E-state index in [4.69, 9.17) is 0 Å². The molecule has 2 saturated heterocycles. The molecule has 7 heteroatoms. The van der Waals surface area contributed by atoms with Crippen LogP contribution in [-0.4, -0.2) is 54.8 Å². The van der Waals surface area contributed by atoms with Crippen molar-refractivity contribution in [1.29, 1.82) is 0 Å². The maximum atomic E-state index is 12.4. The number of sulfonamides is 1. The van der Waals surface area contributed by atoms with Gasteiger partial charge in [0, 0.05) is 25.0 Å². The fourth-order valence-electron chi connectivity index (χ4n) is 2.93. The van der Waals surface area contributed by atoms with Gasteiger partial charge in [0.1, 0.15) is 0 Å². The lowest BCUT2D eigenvalue weighted by atomic mass is 9.91. The van der Waals surface area contributed by atoms with Crippen LogP contribution in [0.3, 0.4) is 0 Å². The molecule has 2 aliphatic rings. The van der Waals surface area contributed by atoms with E-state index in [1.807, 2.05) is 20.8 Å². The van der Waals surface area contributed by atoms with Crippen molar-refractivity contribution in [3.8, 4) is 0 Å². The van der Waals surface area contributed by atoms with E-state index in [0.29, 0.717) is 25.9 Å². The molecule has 0 bridgehead atoms. The maximum absolute atomic E-state index is 12.4. The standard InChI is InChI=1S/C14H24N2O4S/c1-14(2,3)13(18)15-7-4-6-11(10-15)12(17)16-8-5-9-21(16,19)20/h11H,4-10H2,1-3H3/t11-/m0/s1. The second-order valence-electron chi connectivity index (χ2n) is 6.92. The Morgan fingerprint density at radius 2 is 1.76 bits per heavy atom. The van der Waals surface area contributed by atoms with Crippen LogP contribution in [0.2, 0.25) is 0 Å². The van der Waals surface area contributed by atoms with Crippen molar-refractivity contribution in [2.45, 2.75) is 40.0 Å². The molecular formula is C14H24N2O4S. The third kappa shape index (κ3) is 3.39. The van der Waals surface area contributed by atoms with Crippen LogP contribution in [0.25, 0.3) is 0 Å². The summed E-state index contributed by atoms with van der Waals surface area (Å²) in [4.78, 5) is 26.5. The Morgan fingerprint density at radius 3 is 2.29 bits per heavy atom. The molecule has 120 valence electrons. The minimum absolute atomic E-state index is 0.0179. The van der Waals surface area contributed by atoms with Gasteiger partial charge < -0.3 is 4.90 Å². The highest BCUT2D eigenvalue weighted by atomic mass is 32.2. The quantitative estimate of drug-likeness (QED) is 0.718. The van der Waals surface area contributed by atoms with Crippen LogP contribution in [0.15, 0.2) is 0 Å². The minimum Gasteiger partial charge on any atom is -0.341 e. The highest BCUT2D eigenvalue weighted by Crippen LogP contribution is 2.26. The first-order chi connectivity index (χ1) is 9.63. The zero-order valence-corrected chi connectivity index (χ0v) is 13.8. The molecule has 0 unspecified atom stereocenters. The number of likely N-dealkylation sites (tertiary alicyclic amines) is 1. The Morgan fingerprint density at radius 1 is 1.10 bits per heavy atom. The molecule has 2 fully saturated rings. The van der Waals surface area contributed by atoms with Gasteiger partial charge in [0.2, 0.25) is 21.8 Å². The highest BCUT2D eigenvalue weighted by molar-refractivity contribution is 7.89. The van der Waals surface area contributed by atoms with Gasteiger partial charge in [0.25, 0.3) is 0 Å². The van der Waals surface area contributed by atoms with Crippen molar-refractivity contribution in [3.05, 3.63) is 0 Å². The Balaban J connectivity index is 2.08. The molecule has 2 rings (SSSR count). The number of carbonyl (C=O) groups is 2. The monoisotopic (exact) mass is 316 g/mol. The fraction of sp³-hybridized carbons (Fsp3) is 0.857. The first-order valence-electron chi connectivity index (χ1n) is 7.46. The maximum Gasteiger partial charge on any atom is 0.240 e. The molecule has 2 aliphatic heterocycles. The van der Waals surface area contributed by atoms with Gasteiger partial charge in [-0.15, -0.1) is 0 Å². The van der Waals surface area contributed by atoms with Crippen LogP contribution in [-0.2, 0) is 19.6 Å². The zero-order valence-electron chi connectivity index (χ0n) is 13.0. The van der Waals surface area contributed by atoms with Crippen LogP contribution in [0.5, 0.6) is 0 Å². The molecule has 0 radical (unpaired) electrons. The first kappa shape index (κ1) is 16.3. The van der Waals surface area contributed by atoms with E-state index >= 15 is 0 Å². The number of hydrogen-bond acceptors (Lipinski definition) is 4. The summed E-state index contributed by atoms with van der Waals surface area (Å²) < 4.78 is 24.7. The van der Waals surface area contributed by atoms with Crippen molar-refractivity contribution in [2.24, 2.45) is 11.3 Å². The second-order valence-corrected chi connectivity index (χ2v) is 8.93. The van der Waals surface area contributed by atoms with Gasteiger partial charge in [-0.25, -0.2) is 12.7 Å². The van der Waals surface area contributed by atoms with Crippen LogP contribution >= 0.6 is 0 Å². The molecule has 0 spiro atoms. The molecule has 0 aliphatic carbocycles. The number of hydrogen-bond donors (Lipinski definition) is 0. The van der Waals surface area contributed by atoms with Gasteiger partial charge in [-0.05, 0) is 19.3 Å². The summed E-state index contributed by atoms with van der Waals surface area (Å²) in [5, 5.41) is 0. The van der Waals surface area contributed by atoms with E-state index in [1.54, 1.807) is 4.90 Å². The van der Waals surface area contributed by atoms with E-state index in [2.05, 4.69) is 0 Å². The average molecular weight is 316 g/mol. The molecule has 0 aromatic heterocycles. The van der Waals surface area contributed by atoms with Gasteiger partial charge in [0.15, 0.2) is 0 Å². The topological polar surface area (TPSA) is 74.8 Å². The third-order valence-corrected chi connectivity index (χ3v) is 5.88. The van der Waals surface area contributed by atoms with E-state index in [9.17, 15) is 18.0 Å². The van der Waals surface area contributed by atoms with E-state index in [1.165, 1.54) is 0 Å². The Bertz CT molecular complexity index is 536. The molecule has 6 nitrogen and oxygen atoms in total. The van der Waals surface area contributed by atoms with Crippen molar-refractivity contribution in [2.75, 3.05) is 25.4 Å². The number of piperidine rings is 1. The smallest absolute Gasteiger partial charge is 0.240 e. The second kappa shape index (κ2) is 5.59. The Labute approximate surface area is 126 Å². The van der Waals surface area contributed by atoms with Gasteiger partial charge in [0.05, 0.1) is 11.7 Å². The molecule has 2 amide bonds. The third-order valence-electron chi connectivity index (χ3n) is 4.04. The summed E-state index contributed by atoms with van der Waals surface area (Å²) >= 11 is 0. The molecule has 0 N–H and O–H groups in total. The fourth-order valence-corrected chi connectivity index (χ4v) is 4.47. The van der Waals surface area contributed by atoms with Gasteiger partial charge in [-0.3, -0.25) is 9.59 Å². The van der Waals surface area contributed by atoms with Gasteiger partial charge >= 0.3 is 0 Å². The minimum atomic E-state index is -3.42. The lowest BCUT2D eigenvalue weighted by molar-refractivity contribution is -0.143. The summed E-state index contributed by atoms with van der Waals surface area (Å²) in [6.45, 7) is 6.82. The van der Waals surface area contributed by atoms with Crippen molar-refractivity contribution >= 4 is 21.8 Å². The predicted molar refractivity (Wildman–Crippen MR) is 78.9 cm³/mol. The van der Waals surface area contributed by atoms with E-state index in [-0.39, 0.29) is 24.1 Å². The molecule has 21 heavy (non-hydrogen) atoms. The molecule has 1 atom stereocenters. The first-order valence-corrected chi connectivity index (χ1v) is 9.07. The highest BCUT2D eigenvalue weighted by Gasteiger charge is 2.39. The molecule has 0 aromatic rings. The van der Waals surface area contributed by atoms with Gasteiger partial charge in [-0.2, -0.15) is 0 Å². The van der Waals surface area contributed by atoms with Crippen molar-refractivity contribution < 1.29 is 18.0 Å².